The Balaban J connectivity index is 0.00000220. The zero-order chi connectivity index (χ0) is 14.8. The zero-order valence-electron chi connectivity index (χ0n) is 12.8. The molecule has 2 aromatic rings. The van der Waals surface area contributed by atoms with E-state index in [1.54, 1.807) is 0 Å². The van der Waals surface area contributed by atoms with E-state index in [1.165, 1.54) is 11.6 Å². The molecule has 0 unspecified atom stereocenters. The zero-order valence-corrected chi connectivity index (χ0v) is 15.7. The summed E-state index contributed by atoms with van der Waals surface area (Å²) in [6.07, 6.45) is 3.48. The molecule has 0 N–H and O–H groups in total. The van der Waals surface area contributed by atoms with Crippen molar-refractivity contribution in [1.29, 1.82) is 0 Å². The molecule has 108 valence electrons. The summed E-state index contributed by atoms with van der Waals surface area (Å²) in [5.41, 5.74) is 1.86. The fraction of sp³-hybridized carbons (Fsp3) is 0.375. The number of aryl methyl sites for hydroxylation is 2. The first kappa shape index (κ1) is 18.7. The van der Waals surface area contributed by atoms with Crippen molar-refractivity contribution in [3.05, 3.63) is 41.5 Å². The Labute approximate surface area is 148 Å². The van der Waals surface area contributed by atoms with Crippen molar-refractivity contribution < 1.29 is 42.5 Å². The molecular formula is C16H19NaO3S. The topological polar surface area (TPSA) is 57.2 Å². The molecule has 0 atom stereocenters. The van der Waals surface area contributed by atoms with Gasteiger partial charge in [0.1, 0.15) is 10.1 Å². The van der Waals surface area contributed by atoms with Crippen LogP contribution in [0.25, 0.3) is 10.8 Å². The first-order valence-electron chi connectivity index (χ1n) is 6.97. The number of hydrogen-bond donors (Lipinski definition) is 0. The summed E-state index contributed by atoms with van der Waals surface area (Å²) in [6, 6.07) is 9.33. The predicted octanol–water partition coefficient (Wildman–Crippen LogP) is 0.653. The minimum Gasteiger partial charge on any atom is -0.744 e. The largest absolute Gasteiger partial charge is 1.00 e. The van der Waals surface area contributed by atoms with Gasteiger partial charge in [0.15, 0.2) is 0 Å². The Morgan fingerprint density at radius 2 is 1.62 bits per heavy atom. The van der Waals surface area contributed by atoms with Crippen LogP contribution >= 0.6 is 0 Å². The smallest absolute Gasteiger partial charge is 0.744 e. The molecule has 0 aromatic heterocycles. The molecule has 0 amide bonds. The third kappa shape index (κ3) is 4.54. The van der Waals surface area contributed by atoms with Crippen LogP contribution in [-0.4, -0.2) is 13.0 Å². The Bertz CT molecular complexity index is 724. The molecule has 0 aliphatic rings. The second kappa shape index (κ2) is 7.75. The molecule has 0 aliphatic heterocycles. The van der Waals surface area contributed by atoms with E-state index in [4.69, 9.17) is 0 Å². The normalized spacial score (nSPS) is 11.4. The fourth-order valence-electron chi connectivity index (χ4n) is 2.52. The van der Waals surface area contributed by atoms with Gasteiger partial charge in [0, 0.05) is 0 Å². The van der Waals surface area contributed by atoms with Crippen LogP contribution in [0, 0.1) is 0 Å². The Morgan fingerprint density at radius 3 is 2.19 bits per heavy atom. The molecule has 5 heteroatoms. The van der Waals surface area contributed by atoms with Gasteiger partial charge in [0.05, 0.1) is 4.90 Å². The molecule has 0 fully saturated rings. The van der Waals surface area contributed by atoms with Gasteiger partial charge >= 0.3 is 29.6 Å². The van der Waals surface area contributed by atoms with Crippen molar-refractivity contribution in [2.45, 2.75) is 44.4 Å². The van der Waals surface area contributed by atoms with Crippen molar-refractivity contribution in [3.63, 3.8) is 0 Å². The molecular weight excluding hydrogens is 295 g/mol. The third-order valence-electron chi connectivity index (χ3n) is 3.41. The maximum absolute atomic E-state index is 11.4. The van der Waals surface area contributed by atoms with Crippen molar-refractivity contribution in [2.75, 3.05) is 0 Å². The van der Waals surface area contributed by atoms with E-state index in [1.807, 2.05) is 25.1 Å². The molecule has 2 rings (SSSR count). The van der Waals surface area contributed by atoms with Crippen LogP contribution in [0.1, 0.15) is 37.8 Å². The van der Waals surface area contributed by atoms with E-state index in [2.05, 4.69) is 13.0 Å². The summed E-state index contributed by atoms with van der Waals surface area (Å²) in [5, 5.41) is 1.81. The molecule has 0 heterocycles. The second-order valence-electron chi connectivity index (χ2n) is 5.10. The van der Waals surface area contributed by atoms with E-state index in [9.17, 15) is 13.0 Å². The van der Waals surface area contributed by atoms with E-state index in [-0.39, 0.29) is 34.5 Å². The number of hydrogen-bond acceptors (Lipinski definition) is 3. The van der Waals surface area contributed by atoms with Crippen LogP contribution in [0.5, 0.6) is 0 Å². The summed E-state index contributed by atoms with van der Waals surface area (Å²) in [7, 11) is -4.42. The van der Waals surface area contributed by atoms with Gasteiger partial charge < -0.3 is 4.55 Å². The number of benzene rings is 2. The SMILES string of the molecule is CCCc1ccc2cc(S(=O)(=O)[O-])c(CCC)cc2c1.[Na+]. The van der Waals surface area contributed by atoms with Crippen LogP contribution in [-0.2, 0) is 23.0 Å². The summed E-state index contributed by atoms with van der Waals surface area (Å²) in [6.45, 7) is 4.10. The predicted molar refractivity (Wildman–Crippen MR) is 79.9 cm³/mol. The van der Waals surface area contributed by atoms with Crippen LogP contribution < -0.4 is 29.6 Å². The molecule has 0 aliphatic carbocycles. The van der Waals surface area contributed by atoms with Gasteiger partial charge in [-0.2, -0.15) is 0 Å². The molecule has 0 saturated carbocycles. The number of rotatable bonds is 5. The molecule has 3 nitrogen and oxygen atoms in total. The van der Waals surface area contributed by atoms with Crippen molar-refractivity contribution >= 4 is 20.9 Å². The molecule has 2 aromatic carbocycles. The van der Waals surface area contributed by atoms with Gasteiger partial charge in [0.2, 0.25) is 0 Å². The van der Waals surface area contributed by atoms with E-state index >= 15 is 0 Å². The molecule has 0 spiro atoms. The minimum absolute atomic E-state index is 0. The van der Waals surface area contributed by atoms with Crippen LogP contribution in [0.15, 0.2) is 35.2 Å². The monoisotopic (exact) mass is 314 g/mol. The average molecular weight is 314 g/mol. The number of fused-ring (bicyclic) bond motifs is 1. The summed E-state index contributed by atoms with van der Waals surface area (Å²) in [5.74, 6) is 0. The molecule has 0 bridgehead atoms. The quantitative estimate of drug-likeness (QED) is 0.601. The van der Waals surface area contributed by atoms with Crippen molar-refractivity contribution in [1.82, 2.24) is 0 Å². The van der Waals surface area contributed by atoms with Gasteiger partial charge in [0.25, 0.3) is 0 Å². The standard InChI is InChI=1S/C16H20O3S.Na/c1-3-5-12-7-8-13-11-16(20(17,18)19)14(6-4-2)10-15(13)9-12;/h7-11H,3-6H2,1-2H3,(H,17,18,19);/q;+1/p-1. The van der Waals surface area contributed by atoms with Gasteiger partial charge in [-0.1, -0.05) is 44.9 Å². The minimum atomic E-state index is -4.42. The fourth-order valence-corrected chi connectivity index (χ4v) is 3.27. The summed E-state index contributed by atoms with van der Waals surface area (Å²) >= 11 is 0. The summed E-state index contributed by atoms with van der Waals surface area (Å²) < 4.78 is 34.2. The Morgan fingerprint density at radius 1 is 0.952 bits per heavy atom. The molecule has 0 saturated heterocycles. The maximum Gasteiger partial charge on any atom is 1.00 e. The van der Waals surface area contributed by atoms with Crippen molar-refractivity contribution in [2.24, 2.45) is 0 Å². The van der Waals surface area contributed by atoms with Gasteiger partial charge in [-0.3, -0.25) is 0 Å². The Kier molecular flexibility index (Phi) is 6.88. The third-order valence-corrected chi connectivity index (χ3v) is 4.33. The average Bonchev–Trinajstić information content (AvgIpc) is 2.37. The molecule has 21 heavy (non-hydrogen) atoms. The van der Waals surface area contributed by atoms with Gasteiger partial charge in [-0.05, 0) is 46.9 Å². The van der Waals surface area contributed by atoms with Crippen LogP contribution in [0.4, 0.5) is 0 Å². The van der Waals surface area contributed by atoms with E-state index in [0.29, 0.717) is 12.0 Å². The first-order valence-corrected chi connectivity index (χ1v) is 8.38. The van der Waals surface area contributed by atoms with Gasteiger partial charge in [-0.15, -0.1) is 0 Å². The van der Waals surface area contributed by atoms with E-state index in [0.717, 1.165) is 30.0 Å². The van der Waals surface area contributed by atoms with Crippen molar-refractivity contribution in [3.8, 4) is 0 Å². The summed E-state index contributed by atoms with van der Waals surface area (Å²) in [4.78, 5) is -0.0740. The maximum atomic E-state index is 11.4. The van der Waals surface area contributed by atoms with E-state index < -0.39 is 10.1 Å². The Hall–Kier alpha value is -0.390. The van der Waals surface area contributed by atoms with Crippen LogP contribution in [0.2, 0.25) is 0 Å². The van der Waals surface area contributed by atoms with Gasteiger partial charge in [-0.25, -0.2) is 8.42 Å². The molecule has 0 radical (unpaired) electrons. The first-order chi connectivity index (χ1) is 9.45. The van der Waals surface area contributed by atoms with Crippen LogP contribution in [0.3, 0.4) is 0 Å². The second-order valence-corrected chi connectivity index (χ2v) is 6.44.